The van der Waals surface area contributed by atoms with Crippen molar-refractivity contribution in [3.05, 3.63) is 10.6 Å². The number of aromatic nitrogens is 1. The van der Waals surface area contributed by atoms with Crippen molar-refractivity contribution in [3.8, 4) is 0 Å². The fourth-order valence-electron chi connectivity index (χ4n) is 2.97. The Kier molecular flexibility index (Phi) is 6.26. The number of thiazole rings is 1. The number of nitrogens with zero attached hydrogens (tertiary/aromatic N) is 2. The Labute approximate surface area is 126 Å². The summed E-state index contributed by atoms with van der Waals surface area (Å²) in [5, 5.41) is 1.13. The van der Waals surface area contributed by atoms with Gasteiger partial charge in [0.2, 0.25) is 0 Å². The van der Waals surface area contributed by atoms with E-state index in [1.165, 1.54) is 32.1 Å². The summed E-state index contributed by atoms with van der Waals surface area (Å²) in [6, 6.07) is 0. The summed E-state index contributed by atoms with van der Waals surface area (Å²) in [6.45, 7) is 5.67. The zero-order valence-corrected chi connectivity index (χ0v) is 13.5. The van der Waals surface area contributed by atoms with E-state index in [2.05, 4.69) is 11.8 Å². The minimum Gasteiger partial charge on any atom is -0.378 e. The van der Waals surface area contributed by atoms with E-state index in [9.17, 15) is 0 Å². The van der Waals surface area contributed by atoms with E-state index in [1.807, 2.05) is 0 Å². The summed E-state index contributed by atoms with van der Waals surface area (Å²) in [5.74, 6) is 0.900. The second kappa shape index (κ2) is 7.96. The average Bonchev–Trinajstić information content (AvgIpc) is 2.71. The molecular weight excluding hydrogens is 270 g/mol. The van der Waals surface area contributed by atoms with Crippen LogP contribution in [0.2, 0.25) is 0 Å². The average molecular weight is 297 g/mol. The number of nitrogens with two attached hydrogens (primary N) is 1. The number of anilines is 1. The molecule has 1 fully saturated rings. The van der Waals surface area contributed by atoms with Crippen LogP contribution in [0.4, 0.5) is 5.13 Å². The Hall–Kier alpha value is -0.650. The fourth-order valence-corrected chi connectivity index (χ4v) is 3.96. The number of hydrogen-bond acceptors (Lipinski definition) is 5. The first-order valence-electron chi connectivity index (χ1n) is 7.71. The molecule has 1 aliphatic heterocycles. The highest BCUT2D eigenvalue weighted by atomic mass is 32.1. The van der Waals surface area contributed by atoms with Gasteiger partial charge in [0.05, 0.1) is 12.3 Å². The van der Waals surface area contributed by atoms with Crippen LogP contribution < -0.4 is 10.6 Å². The maximum absolute atomic E-state index is 5.81. The van der Waals surface area contributed by atoms with Crippen LogP contribution in [0, 0.1) is 5.92 Å². The highest BCUT2D eigenvalue weighted by Gasteiger charge is 2.20. The van der Waals surface area contributed by atoms with Crippen LogP contribution in [-0.4, -0.2) is 25.2 Å². The fraction of sp³-hybridized carbons (Fsp3) is 0.800. The quantitative estimate of drug-likeness (QED) is 0.876. The molecule has 1 aromatic rings. The Balaban J connectivity index is 2.03. The van der Waals surface area contributed by atoms with Gasteiger partial charge in [-0.3, -0.25) is 0 Å². The van der Waals surface area contributed by atoms with Gasteiger partial charge in [0.15, 0.2) is 5.13 Å². The lowest BCUT2D eigenvalue weighted by Gasteiger charge is -2.19. The van der Waals surface area contributed by atoms with Crippen LogP contribution >= 0.6 is 11.3 Å². The third kappa shape index (κ3) is 3.93. The van der Waals surface area contributed by atoms with Gasteiger partial charge in [0, 0.05) is 31.6 Å². The normalized spacial score (nSPS) is 20.1. The number of rotatable bonds is 6. The first-order chi connectivity index (χ1) is 9.78. The van der Waals surface area contributed by atoms with Gasteiger partial charge >= 0.3 is 0 Å². The zero-order chi connectivity index (χ0) is 14.4. The monoisotopic (exact) mass is 297 g/mol. The number of ether oxygens (including phenoxy) is 1. The van der Waals surface area contributed by atoms with Gasteiger partial charge in [-0.2, -0.15) is 0 Å². The maximum Gasteiger partial charge on any atom is 0.185 e. The van der Waals surface area contributed by atoms with Gasteiger partial charge in [-0.25, -0.2) is 4.98 Å². The summed E-state index contributed by atoms with van der Waals surface area (Å²) in [5.41, 5.74) is 6.83. The molecule has 1 unspecified atom stereocenters. The van der Waals surface area contributed by atoms with E-state index in [1.54, 1.807) is 18.4 Å². The summed E-state index contributed by atoms with van der Waals surface area (Å²) in [4.78, 5) is 8.35. The molecule has 4 nitrogen and oxygen atoms in total. The summed E-state index contributed by atoms with van der Waals surface area (Å²) in [6.07, 6.45) is 6.61. The molecule has 2 rings (SSSR count). The maximum atomic E-state index is 5.81. The lowest BCUT2D eigenvalue weighted by atomic mass is 9.96. The highest BCUT2D eigenvalue weighted by molar-refractivity contribution is 7.15. The molecule has 114 valence electrons. The SMILES string of the molecule is CCCC1CCCN(c2nc(COC)c(CN)s2)CC1. The molecule has 1 saturated heterocycles. The lowest BCUT2D eigenvalue weighted by molar-refractivity contribution is 0.181. The molecule has 2 N–H and O–H groups in total. The Morgan fingerprint density at radius 1 is 1.40 bits per heavy atom. The van der Waals surface area contributed by atoms with E-state index < -0.39 is 0 Å². The topological polar surface area (TPSA) is 51.4 Å². The molecule has 1 aromatic heterocycles. The molecule has 1 aliphatic rings. The van der Waals surface area contributed by atoms with Gasteiger partial charge in [-0.05, 0) is 25.2 Å². The molecule has 0 bridgehead atoms. The largest absolute Gasteiger partial charge is 0.378 e. The molecule has 5 heteroatoms. The Bertz CT molecular complexity index is 408. The van der Waals surface area contributed by atoms with Crippen LogP contribution in [0.5, 0.6) is 0 Å². The van der Waals surface area contributed by atoms with E-state index >= 15 is 0 Å². The third-order valence-corrected chi connectivity index (χ3v) is 5.23. The first-order valence-corrected chi connectivity index (χ1v) is 8.52. The van der Waals surface area contributed by atoms with Crippen LogP contribution in [0.25, 0.3) is 0 Å². The molecular formula is C15H27N3OS. The molecule has 20 heavy (non-hydrogen) atoms. The molecule has 1 atom stereocenters. The van der Waals surface area contributed by atoms with Crippen molar-refractivity contribution in [2.24, 2.45) is 11.7 Å². The van der Waals surface area contributed by atoms with Crippen molar-refractivity contribution in [1.29, 1.82) is 0 Å². The third-order valence-electron chi connectivity index (χ3n) is 4.05. The molecule has 0 spiro atoms. The minimum absolute atomic E-state index is 0.558. The van der Waals surface area contributed by atoms with Crippen LogP contribution in [0.15, 0.2) is 0 Å². The lowest BCUT2D eigenvalue weighted by Crippen LogP contribution is -2.24. The van der Waals surface area contributed by atoms with E-state index in [0.29, 0.717) is 13.2 Å². The number of methoxy groups -OCH3 is 1. The van der Waals surface area contributed by atoms with Crippen molar-refractivity contribution in [2.45, 2.75) is 52.2 Å². The molecule has 0 amide bonds. The molecule has 0 saturated carbocycles. The van der Waals surface area contributed by atoms with Crippen molar-refractivity contribution in [2.75, 3.05) is 25.1 Å². The van der Waals surface area contributed by atoms with Gasteiger partial charge in [0.1, 0.15) is 0 Å². The zero-order valence-electron chi connectivity index (χ0n) is 12.7. The van der Waals surface area contributed by atoms with E-state index in [0.717, 1.165) is 34.7 Å². The molecule has 0 radical (unpaired) electrons. The van der Waals surface area contributed by atoms with Gasteiger partial charge in [-0.1, -0.05) is 19.8 Å². The van der Waals surface area contributed by atoms with Crippen molar-refractivity contribution in [3.63, 3.8) is 0 Å². The van der Waals surface area contributed by atoms with Crippen LogP contribution in [0.1, 0.15) is 49.6 Å². The Morgan fingerprint density at radius 2 is 2.25 bits per heavy atom. The predicted octanol–water partition coefficient (Wildman–Crippen LogP) is 3.15. The van der Waals surface area contributed by atoms with Gasteiger partial charge in [-0.15, -0.1) is 11.3 Å². The Morgan fingerprint density at radius 3 is 2.95 bits per heavy atom. The summed E-state index contributed by atoms with van der Waals surface area (Å²) in [7, 11) is 1.71. The van der Waals surface area contributed by atoms with Crippen molar-refractivity contribution in [1.82, 2.24) is 4.98 Å². The number of hydrogen-bond donors (Lipinski definition) is 1. The smallest absolute Gasteiger partial charge is 0.185 e. The predicted molar refractivity (Wildman–Crippen MR) is 85.2 cm³/mol. The van der Waals surface area contributed by atoms with Crippen molar-refractivity contribution < 1.29 is 4.74 Å². The summed E-state index contributed by atoms with van der Waals surface area (Å²) < 4.78 is 5.21. The standard InChI is InChI=1S/C15H27N3OS/c1-3-5-12-6-4-8-18(9-7-12)15-17-13(11-19-2)14(10-16)20-15/h12H,3-11,16H2,1-2H3. The molecule has 0 aliphatic carbocycles. The van der Waals surface area contributed by atoms with E-state index in [-0.39, 0.29) is 0 Å². The second-order valence-corrected chi connectivity index (χ2v) is 6.64. The second-order valence-electron chi connectivity index (χ2n) is 5.58. The summed E-state index contributed by atoms with van der Waals surface area (Å²) >= 11 is 1.74. The van der Waals surface area contributed by atoms with Gasteiger partial charge in [0.25, 0.3) is 0 Å². The minimum atomic E-state index is 0.558. The molecule has 0 aromatic carbocycles. The van der Waals surface area contributed by atoms with Crippen LogP contribution in [-0.2, 0) is 17.9 Å². The molecule has 2 heterocycles. The van der Waals surface area contributed by atoms with Gasteiger partial charge < -0.3 is 15.4 Å². The van der Waals surface area contributed by atoms with Crippen LogP contribution in [0.3, 0.4) is 0 Å². The van der Waals surface area contributed by atoms with E-state index in [4.69, 9.17) is 15.5 Å². The first kappa shape index (κ1) is 15.7. The highest BCUT2D eigenvalue weighted by Crippen LogP contribution is 2.30. The van der Waals surface area contributed by atoms with Crippen molar-refractivity contribution >= 4 is 16.5 Å².